The molecule has 0 unspecified atom stereocenters. The van der Waals surface area contributed by atoms with E-state index in [0.717, 1.165) is 29.2 Å². The highest BCUT2D eigenvalue weighted by molar-refractivity contribution is 7.03. The van der Waals surface area contributed by atoms with E-state index in [0.29, 0.717) is 37.4 Å². The largest absolute Gasteiger partial charge is 0.348 e. The van der Waals surface area contributed by atoms with E-state index in [1.165, 1.54) is 0 Å². The van der Waals surface area contributed by atoms with Crippen molar-refractivity contribution in [3.63, 3.8) is 0 Å². The lowest BCUT2D eigenvalue weighted by Gasteiger charge is -2.19. The summed E-state index contributed by atoms with van der Waals surface area (Å²) in [7, 11) is 0. The normalized spacial score (nSPS) is 13.7. The first-order valence-electron chi connectivity index (χ1n) is 8.65. The summed E-state index contributed by atoms with van der Waals surface area (Å²) >= 11 is 1.15. The molecule has 2 amide bonds. The molecule has 0 bridgehead atoms. The van der Waals surface area contributed by atoms with E-state index < -0.39 is 0 Å². The van der Waals surface area contributed by atoms with Gasteiger partial charge in [-0.3, -0.25) is 14.3 Å². The van der Waals surface area contributed by atoms with Gasteiger partial charge in [0, 0.05) is 25.0 Å². The van der Waals surface area contributed by atoms with Crippen molar-refractivity contribution < 1.29 is 9.59 Å². The van der Waals surface area contributed by atoms with Crippen molar-refractivity contribution in [2.45, 2.75) is 26.1 Å². The predicted molar refractivity (Wildman–Crippen MR) is 99.1 cm³/mol. The number of fused-ring (bicyclic) bond motifs is 1. The number of aryl methyl sites for hydroxylation is 1. The average molecular weight is 382 g/mol. The van der Waals surface area contributed by atoms with Crippen LogP contribution in [0.2, 0.25) is 0 Å². The number of rotatable bonds is 4. The summed E-state index contributed by atoms with van der Waals surface area (Å²) in [6.45, 7) is 2.02. The second kappa shape index (κ2) is 7.67. The van der Waals surface area contributed by atoms with Crippen LogP contribution < -0.4 is 5.32 Å². The number of benzene rings is 1. The molecular weight excluding hydrogens is 364 g/mol. The second-order valence-electron chi connectivity index (χ2n) is 6.27. The Morgan fingerprint density at radius 1 is 1.19 bits per heavy atom. The molecule has 27 heavy (non-hydrogen) atoms. The fourth-order valence-electron chi connectivity index (χ4n) is 3.10. The highest BCUT2D eigenvalue weighted by atomic mass is 32.1. The molecule has 138 valence electrons. The molecule has 0 radical (unpaired) electrons. The number of hydrogen-bond donors (Lipinski definition) is 1. The first kappa shape index (κ1) is 17.3. The van der Waals surface area contributed by atoms with Gasteiger partial charge in [0.15, 0.2) is 5.69 Å². The first-order valence-corrected chi connectivity index (χ1v) is 9.49. The Kier molecular flexibility index (Phi) is 4.93. The Bertz CT molecular complexity index is 938. The standard InChI is InChI=1S/C18H18N6O2S/c25-17(19-9-13-5-2-1-3-6-13)14-10-20-24-8-4-7-23(11-16(14)24)18(26)15-12-27-22-21-15/h1-3,5-6,10,12H,4,7-9,11H2,(H,19,25). The van der Waals surface area contributed by atoms with Gasteiger partial charge >= 0.3 is 0 Å². The third-order valence-corrected chi connectivity index (χ3v) is 5.00. The lowest BCUT2D eigenvalue weighted by atomic mass is 10.2. The maximum absolute atomic E-state index is 12.7. The molecule has 8 nitrogen and oxygen atoms in total. The zero-order valence-corrected chi connectivity index (χ0v) is 15.4. The molecule has 1 aliphatic heterocycles. The molecule has 0 saturated carbocycles. The van der Waals surface area contributed by atoms with E-state index in [9.17, 15) is 9.59 Å². The van der Waals surface area contributed by atoms with Gasteiger partial charge in [-0.1, -0.05) is 34.8 Å². The number of carbonyl (C=O) groups is 2. The molecule has 0 aliphatic carbocycles. The molecule has 4 rings (SSSR count). The number of nitrogens with one attached hydrogen (secondary N) is 1. The molecule has 1 N–H and O–H groups in total. The van der Waals surface area contributed by atoms with Gasteiger partial charge in [0.2, 0.25) is 0 Å². The molecule has 1 aliphatic rings. The smallest absolute Gasteiger partial charge is 0.275 e. The van der Waals surface area contributed by atoms with Crippen LogP contribution in [-0.4, -0.2) is 42.6 Å². The number of aromatic nitrogens is 4. The van der Waals surface area contributed by atoms with Gasteiger partial charge in [-0.05, 0) is 23.5 Å². The van der Waals surface area contributed by atoms with Crippen molar-refractivity contribution in [1.29, 1.82) is 0 Å². The molecule has 1 aromatic carbocycles. The van der Waals surface area contributed by atoms with Gasteiger partial charge in [-0.25, -0.2) is 0 Å². The summed E-state index contributed by atoms with van der Waals surface area (Å²) in [6.07, 6.45) is 2.34. The molecular formula is C18H18N6O2S. The van der Waals surface area contributed by atoms with E-state index in [4.69, 9.17) is 0 Å². The molecule has 0 fully saturated rings. The fraction of sp³-hybridized carbons (Fsp3) is 0.278. The number of amides is 2. The molecule has 9 heteroatoms. The summed E-state index contributed by atoms with van der Waals surface area (Å²) in [4.78, 5) is 27.0. The Hall–Kier alpha value is -3.07. The van der Waals surface area contributed by atoms with E-state index >= 15 is 0 Å². The highest BCUT2D eigenvalue weighted by Gasteiger charge is 2.26. The predicted octanol–water partition coefficient (Wildman–Crippen LogP) is 1.71. The SMILES string of the molecule is O=C(NCc1ccccc1)c1cnn2c1CN(C(=O)c1csnn1)CCC2. The van der Waals surface area contributed by atoms with Gasteiger partial charge in [0.1, 0.15) is 0 Å². The monoisotopic (exact) mass is 382 g/mol. The molecule has 0 spiro atoms. The van der Waals surface area contributed by atoms with Crippen LogP contribution in [0.15, 0.2) is 41.9 Å². The highest BCUT2D eigenvalue weighted by Crippen LogP contribution is 2.18. The van der Waals surface area contributed by atoms with Crippen molar-refractivity contribution in [1.82, 2.24) is 29.6 Å². The van der Waals surface area contributed by atoms with Crippen molar-refractivity contribution >= 4 is 23.3 Å². The topological polar surface area (TPSA) is 93.0 Å². The van der Waals surface area contributed by atoms with Gasteiger partial charge in [0.05, 0.1) is 24.0 Å². The van der Waals surface area contributed by atoms with Crippen LogP contribution in [0.25, 0.3) is 0 Å². The van der Waals surface area contributed by atoms with E-state index in [2.05, 4.69) is 20.0 Å². The Labute approximate surface area is 160 Å². The Balaban J connectivity index is 1.51. The molecule has 0 atom stereocenters. The maximum Gasteiger partial charge on any atom is 0.275 e. The lowest BCUT2D eigenvalue weighted by molar-refractivity contribution is 0.0737. The van der Waals surface area contributed by atoms with Crippen LogP contribution >= 0.6 is 11.5 Å². The van der Waals surface area contributed by atoms with Crippen LogP contribution in [0.3, 0.4) is 0 Å². The number of hydrogen-bond acceptors (Lipinski definition) is 6. The van der Waals surface area contributed by atoms with E-state index in [-0.39, 0.29) is 11.8 Å². The third-order valence-electron chi connectivity index (χ3n) is 4.49. The van der Waals surface area contributed by atoms with Crippen LogP contribution in [0.5, 0.6) is 0 Å². The maximum atomic E-state index is 12.7. The lowest BCUT2D eigenvalue weighted by Crippen LogP contribution is -2.32. The van der Waals surface area contributed by atoms with Crippen molar-refractivity contribution in [2.24, 2.45) is 0 Å². The average Bonchev–Trinajstić information content (AvgIpc) is 3.32. The minimum atomic E-state index is -0.190. The summed E-state index contributed by atoms with van der Waals surface area (Å²) in [5.41, 5.74) is 2.61. The van der Waals surface area contributed by atoms with Crippen LogP contribution in [-0.2, 0) is 19.6 Å². The minimum Gasteiger partial charge on any atom is -0.348 e. The van der Waals surface area contributed by atoms with Gasteiger partial charge in [-0.15, -0.1) is 5.10 Å². The minimum absolute atomic E-state index is 0.172. The Morgan fingerprint density at radius 3 is 2.81 bits per heavy atom. The van der Waals surface area contributed by atoms with Crippen LogP contribution in [0.4, 0.5) is 0 Å². The molecule has 3 heterocycles. The van der Waals surface area contributed by atoms with E-state index in [1.54, 1.807) is 16.5 Å². The molecule has 2 aromatic heterocycles. The van der Waals surface area contributed by atoms with Crippen molar-refractivity contribution in [3.05, 3.63) is 64.4 Å². The third kappa shape index (κ3) is 3.72. The summed E-state index contributed by atoms with van der Waals surface area (Å²) in [6, 6.07) is 9.73. The molecule has 3 aromatic rings. The zero-order chi connectivity index (χ0) is 18.6. The quantitative estimate of drug-likeness (QED) is 0.741. The van der Waals surface area contributed by atoms with Crippen LogP contribution in [0, 0.1) is 0 Å². The summed E-state index contributed by atoms with van der Waals surface area (Å²) in [5, 5.41) is 12.8. The van der Waals surface area contributed by atoms with Gasteiger partial charge in [0.25, 0.3) is 11.8 Å². The van der Waals surface area contributed by atoms with Crippen molar-refractivity contribution in [2.75, 3.05) is 6.54 Å². The van der Waals surface area contributed by atoms with Gasteiger partial charge in [-0.2, -0.15) is 5.10 Å². The number of carbonyl (C=O) groups excluding carboxylic acids is 2. The van der Waals surface area contributed by atoms with Crippen LogP contribution in [0.1, 0.15) is 38.5 Å². The van der Waals surface area contributed by atoms with Gasteiger partial charge < -0.3 is 10.2 Å². The Morgan fingerprint density at radius 2 is 2.04 bits per heavy atom. The molecule has 0 saturated heterocycles. The first-order chi connectivity index (χ1) is 13.2. The van der Waals surface area contributed by atoms with Crippen molar-refractivity contribution in [3.8, 4) is 0 Å². The second-order valence-corrected chi connectivity index (χ2v) is 6.88. The fourth-order valence-corrected chi connectivity index (χ4v) is 3.53. The number of nitrogens with zero attached hydrogens (tertiary/aromatic N) is 5. The summed E-state index contributed by atoms with van der Waals surface area (Å²) in [5.74, 6) is -0.362. The summed E-state index contributed by atoms with van der Waals surface area (Å²) < 4.78 is 5.57. The zero-order valence-electron chi connectivity index (χ0n) is 14.5. The van der Waals surface area contributed by atoms with E-state index in [1.807, 2.05) is 35.0 Å².